The third-order valence-corrected chi connectivity index (χ3v) is 5.94. The first-order chi connectivity index (χ1) is 13.6. The van der Waals surface area contributed by atoms with Crippen molar-refractivity contribution in [2.24, 2.45) is 5.73 Å². The van der Waals surface area contributed by atoms with Crippen LogP contribution in [0.15, 0.2) is 40.1 Å². The van der Waals surface area contributed by atoms with E-state index in [2.05, 4.69) is 15.0 Å². The number of anilines is 2. The molecule has 13 heteroatoms. The van der Waals surface area contributed by atoms with Crippen LogP contribution >= 0.6 is 22.9 Å². The van der Waals surface area contributed by atoms with E-state index in [1.807, 2.05) is 0 Å². The lowest BCUT2D eigenvalue weighted by Gasteiger charge is -2.18. The second kappa shape index (κ2) is 8.14. The summed E-state index contributed by atoms with van der Waals surface area (Å²) >= 11 is 7.13. The molecule has 0 saturated carbocycles. The van der Waals surface area contributed by atoms with Crippen LogP contribution in [0.1, 0.15) is 11.7 Å². The molecule has 0 amide bonds. The molecule has 0 spiro atoms. The van der Waals surface area contributed by atoms with Crippen molar-refractivity contribution in [3.8, 4) is 0 Å². The molecule has 1 heterocycles. The molecule has 0 unspecified atom stereocenters. The highest BCUT2D eigenvalue weighted by molar-refractivity contribution is 7.92. The zero-order valence-corrected chi connectivity index (χ0v) is 16.5. The lowest BCUT2D eigenvalue weighted by Crippen LogP contribution is -2.22. The molecule has 1 aromatic heterocycles. The van der Waals surface area contributed by atoms with E-state index in [1.54, 1.807) is 0 Å². The Hall–Kier alpha value is -2.41. The van der Waals surface area contributed by atoms with Crippen molar-refractivity contribution in [2.45, 2.75) is 11.1 Å². The number of thiazole rings is 1. The van der Waals surface area contributed by atoms with Crippen molar-refractivity contribution >= 4 is 44.5 Å². The van der Waals surface area contributed by atoms with Gasteiger partial charge in [0.05, 0.1) is 16.2 Å². The molecular formula is C16H11ClF4N4O2S2. The Balaban J connectivity index is 1.89. The van der Waals surface area contributed by atoms with Gasteiger partial charge in [-0.2, -0.15) is 0 Å². The number of sulfonamides is 1. The van der Waals surface area contributed by atoms with Gasteiger partial charge in [0.25, 0.3) is 10.0 Å². The van der Waals surface area contributed by atoms with Crippen molar-refractivity contribution in [3.05, 3.63) is 69.0 Å². The molecular weight excluding hydrogens is 456 g/mol. The number of nitrogens with one attached hydrogen (secondary N) is 2. The molecule has 0 aliphatic heterocycles. The summed E-state index contributed by atoms with van der Waals surface area (Å²) in [5.41, 5.74) is 6.47. The summed E-state index contributed by atoms with van der Waals surface area (Å²) < 4.78 is 81.4. The van der Waals surface area contributed by atoms with Crippen LogP contribution in [-0.2, 0) is 10.0 Å². The van der Waals surface area contributed by atoms with Crippen LogP contribution < -0.4 is 15.8 Å². The topological polar surface area (TPSA) is 97.1 Å². The number of rotatable bonds is 6. The van der Waals surface area contributed by atoms with E-state index < -0.39 is 49.9 Å². The van der Waals surface area contributed by atoms with Crippen LogP contribution in [-0.4, -0.2) is 13.4 Å². The van der Waals surface area contributed by atoms with Crippen LogP contribution in [0.2, 0.25) is 5.02 Å². The van der Waals surface area contributed by atoms with E-state index in [9.17, 15) is 26.0 Å². The van der Waals surface area contributed by atoms with Crippen molar-refractivity contribution in [2.75, 3.05) is 10.0 Å². The Kier molecular flexibility index (Phi) is 5.98. The fourth-order valence-electron chi connectivity index (χ4n) is 2.32. The van der Waals surface area contributed by atoms with Gasteiger partial charge < -0.3 is 11.1 Å². The summed E-state index contributed by atoms with van der Waals surface area (Å²) in [6, 6.07) is 2.41. The maximum absolute atomic E-state index is 14.4. The van der Waals surface area contributed by atoms with Gasteiger partial charge in [0.15, 0.2) is 17.5 Å². The number of nitrogens with zero attached hydrogens (tertiary/aromatic N) is 1. The predicted molar refractivity (Wildman–Crippen MR) is 101 cm³/mol. The average molecular weight is 467 g/mol. The molecule has 0 saturated heterocycles. The van der Waals surface area contributed by atoms with E-state index in [1.165, 1.54) is 10.9 Å². The molecule has 0 aliphatic rings. The van der Waals surface area contributed by atoms with E-state index >= 15 is 0 Å². The number of hydrogen-bond acceptors (Lipinski definition) is 6. The van der Waals surface area contributed by atoms with Crippen molar-refractivity contribution in [3.63, 3.8) is 0 Å². The van der Waals surface area contributed by atoms with Gasteiger partial charge in [-0.05, 0) is 18.2 Å². The lowest BCUT2D eigenvalue weighted by molar-refractivity contribution is 0.487. The minimum absolute atomic E-state index is 0.00329. The monoisotopic (exact) mass is 466 g/mol. The van der Waals surface area contributed by atoms with E-state index in [0.29, 0.717) is 12.1 Å². The van der Waals surface area contributed by atoms with Gasteiger partial charge in [-0.1, -0.05) is 11.6 Å². The maximum Gasteiger partial charge on any atom is 0.266 e. The zero-order valence-electron chi connectivity index (χ0n) is 14.1. The lowest BCUT2D eigenvalue weighted by atomic mass is 10.1. The highest BCUT2D eigenvalue weighted by Crippen LogP contribution is 2.31. The zero-order chi connectivity index (χ0) is 21.3. The Morgan fingerprint density at radius 1 is 1.03 bits per heavy atom. The van der Waals surface area contributed by atoms with Crippen LogP contribution in [0.25, 0.3) is 0 Å². The Morgan fingerprint density at radius 3 is 2.38 bits per heavy atom. The van der Waals surface area contributed by atoms with E-state index in [4.69, 9.17) is 17.3 Å². The van der Waals surface area contributed by atoms with Gasteiger partial charge in [-0.15, -0.1) is 11.3 Å². The van der Waals surface area contributed by atoms with Crippen molar-refractivity contribution in [1.82, 2.24) is 4.98 Å². The van der Waals surface area contributed by atoms with Gasteiger partial charge in [0, 0.05) is 17.0 Å². The van der Waals surface area contributed by atoms with Gasteiger partial charge in [0.2, 0.25) is 0 Å². The molecule has 0 bridgehead atoms. The average Bonchev–Trinajstić information content (AvgIpc) is 3.13. The van der Waals surface area contributed by atoms with Crippen LogP contribution in [0, 0.1) is 23.3 Å². The number of aromatic nitrogens is 1. The third-order valence-electron chi connectivity index (χ3n) is 3.67. The summed E-state index contributed by atoms with van der Waals surface area (Å²) in [6.45, 7) is 0. The second-order valence-electron chi connectivity index (χ2n) is 5.65. The summed E-state index contributed by atoms with van der Waals surface area (Å²) in [5, 5.41) is 3.57. The Bertz CT molecular complexity index is 1160. The number of nitrogens with two attached hydrogens (primary N) is 1. The molecule has 6 nitrogen and oxygen atoms in total. The molecule has 1 atom stereocenters. The first-order valence-corrected chi connectivity index (χ1v) is 10.5. The van der Waals surface area contributed by atoms with Gasteiger partial charge in [-0.25, -0.2) is 31.0 Å². The summed E-state index contributed by atoms with van der Waals surface area (Å²) in [6.07, 6.45) is -1.43. The molecule has 4 N–H and O–H groups in total. The minimum atomic E-state index is -4.33. The van der Waals surface area contributed by atoms with Gasteiger partial charge in [0.1, 0.15) is 22.7 Å². The van der Waals surface area contributed by atoms with Crippen molar-refractivity contribution < 1.29 is 26.0 Å². The van der Waals surface area contributed by atoms with Gasteiger partial charge >= 0.3 is 0 Å². The molecule has 3 rings (SSSR count). The van der Waals surface area contributed by atoms with E-state index in [-0.39, 0.29) is 16.5 Å². The van der Waals surface area contributed by atoms with E-state index in [0.717, 1.165) is 23.5 Å². The molecule has 29 heavy (non-hydrogen) atoms. The van der Waals surface area contributed by atoms with Crippen LogP contribution in [0.5, 0.6) is 0 Å². The molecule has 0 fully saturated rings. The smallest absolute Gasteiger partial charge is 0.266 e. The standard InChI is InChI=1S/C16H11ClF4N4O2S2/c17-8-2-14(29(26,27)25-15-5-28-6-23-15)12(21)4-13(8)24-16(22)7-1-10(19)11(20)3-9(7)18/h1-6,16,24-25H,22H2/t16-/m1/s1. The quantitative estimate of drug-likeness (QED) is 0.287. The summed E-state index contributed by atoms with van der Waals surface area (Å²) in [7, 11) is -4.33. The molecule has 3 aromatic rings. The largest absolute Gasteiger partial charge is 0.365 e. The minimum Gasteiger partial charge on any atom is -0.365 e. The third kappa shape index (κ3) is 4.61. The highest BCUT2D eigenvalue weighted by atomic mass is 35.5. The number of hydrogen-bond donors (Lipinski definition) is 3. The normalized spacial score (nSPS) is 12.6. The van der Waals surface area contributed by atoms with Crippen LogP contribution in [0.3, 0.4) is 0 Å². The highest BCUT2D eigenvalue weighted by Gasteiger charge is 2.23. The Labute approximate surface area is 171 Å². The first kappa shape index (κ1) is 21.3. The molecule has 2 aromatic carbocycles. The Morgan fingerprint density at radius 2 is 1.72 bits per heavy atom. The fraction of sp³-hybridized carbons (Fsp3) is 0.0625. The molecule has 154 valence electrons. The summed E-state index contributed by atoms with van der Waals surface area (Å²) in [5.74, 6) is -5.04. The van der Waals surface area contributed by atoms with Gasteiger partial charge in [-0.3, -0.25) is 4.72 Å². The predicted octanol–water partition coefficient (Wildman–Crippen LogP) is 4.22. The number of halogens is 5. The first-order valence-electron chi connectivity index (χ1n) is 7.65. The second-order valence-corrected chi connectivity index (χ2v) is 8.43. The summed E-state index contributed by atoms with van der Waals surface area (Å²) in [4.78, 5) is 2.99. The fourth-order valence-corrected chi connectivity index (χ4v) is 4.25. The molecule has 0 aliphatic carbocycles. The number of benzene rings is 2. The SMILES string of the molecule is N[C@H](Nc1cc(F)c(S(=O)(=O)Nc2cscn2)cc1Cl)c1cc(F)c(F)cc1F. The van der Waals surface area contributed by atoms with Crippen molar-refractivity contribution in [1.29, 1.82) is 0 Å². The maximum atomic E-state index is 14.4. The van der Waals surface area contributed by atoms with Crippen LogP contribution in [0.4, 0.5) is 29.1 Å². The molecule has 0 radical (unpaired) electrons.